The van der Waals surface area contributed by atoms with Crippen molar-refractivity contribution in [1.29, 1.82) is 0 Å². The highest BCUT2D eigenvalue weighted by atomic mass is 32.1. The molecule has 0 aliphatic carbocycles. The van der Waals surface area contributed by atoms with Gasteiger partial charge in [-0.05, 0) is 72.7 Å². The first-order valence-electron chi connectivity index (χ1n) is 12.3. The zero-order valence-corrected chi connectivity index (χ0v) is 21.3. The minimum Gasteiger partial charge on any atom is -0.352 e. The summed E-state index contributed by atoms with van der Waals surface area (Å²) in [5.74, 6) is -0.386. The van der Waals surface area contributed by atoms with E-state index in [0.717, 1.165) is 29.1 Å². The molecule has 1 saturated heterocycles. The number of benzene rings is 2. The molecule has 0 saturated carbocycles. The summed E-state index contributed by atoms with van der Waals surface area (Å²) in [4.78, 5) is 19.6. The van der Waals surface area contributed by atoms with Gasteiger partial charge in [-0.3, -0.25) is 9.78 Å². The highest BCUT2D eigenvalue weighted by Gasteiger charge is 2.41. The Kier molecular flexibility index (Phi) is 7.28. The van der Waals surface area contributed by atoms with Crippen molar-refractivity contribution >= 4 is 28.9 Å². The second-order valence-electron chi connectivity index (χ2n) is 8.91. The van der Waals surface area contributed by atoms with Gasteiger partial charge in [0.2, 0.25) is 5.91 Å². The van der Waals surface area contributed by atoms with E-state index in [2.05, 4.69) is 22.5 Å². The largest absolute Gasteiger partial charge is 0.352 e. The smallest absolute Gasteiger partial charge is 0.226 e. The predicted octanol–water partition coefficient (Wildman–Crippen LogP) is 5.58. The number of para-hydroxylation sites is 1. The van der Waals surface area contributed by atoms with E-state index in [1.54, 1.807) is 12.3 Å². The summed E-state index contributed by atoms with van der Waals surface area (Å²) in [6.45, 7) is 2.48. The Labute approximate surface area is 221 Å². The first-order chi connectivity index (χ1) is 18.0. The maximum absolute atomic E-state index is 14.1. The van der Waals surface area contributed by atoms with Crippen LogP contribution in [0.1, 0.15) is 42.4 Å². The van der Waals surface area contributed by atoms with Crippen LogP contribution < -0.4 is 10.6 Å². The molecular weight excluding hydrogens is 485 g/mol. The van der Waals surface area contributed by atoms with Gasteiger partial charge in [0, 0.05) is 42.4 Å². The van der Waals surface area contributed by atoms with Gasteiger partial charge >= 0.3 is 0 Å². The van der Waals surface area contributed by atoms with Gasteiger partial charge in [-0.1, -0.05) is 37.3 Å². The van der Waals surface area contributed by atoms with E-state index in [1.165, 1.54) is 12.1 Å². The van der Waals surface area contributed by atoms with Crippen molar-refractivity contribution in [2.45, 2.75) is 31.8 Å². The van der Waals surface area contributed by atoms with Crippen molar-refractivity contribution in [3.8, 4) is 5.69 Å². The lowest BCUT2D eigenvalue weighted by Gasteiger charge is -2.29. The average molecular weight is 514 g/mol. The number of hydrogen-bond donors (Lipinski definition) is 2. The fourth-order valence-electron chi connectivity index (χ4n) is 4.85. The van der Waals surface area contributed by atoms with Crippen LogP contribution in [0.4, 0.5) is 10.1 Å². The molecule has 2 aromatic carbocycles. The summed E-state index contributed by atoms with van der Waals surface area (Å²) in [5, 5.41) is 7.01. The minimum absolute atomic E-state index is 0.0794. The monoisotopic (exact) mass is 513 g/mol. The number of hydrogen-bond acceptors (Lipinski definition) is 3. The number of rotatable bonds is 8. The quantitative estimate of drug-likeness (QED) is 0.302. The van der Waals surface area contributed by atoms with Crippen LogP contribution in [0.3, 0.4) is 0 Å². The fourth-order valence-corrected chi connectivity index (χ4v) is 5.18. The third-order valence-corrected chi connectivity index (χ3v) is 6.97. The lowest BCUT2D eigenvalue weighted by molar-refractivity contribution is -0.116. The number of carbonyl (C=O) groups excluding carboxylic acids is 1. The molecule has 1 fully saturated rings. The molecule has 2 unspecified atom stereocenters. The number of pyridine rings is 1. The second-order valence-corrected chi connectivity index (χ2v) is 9.30. The van der Waals surface area contributed by atoms with Gasteiger partial charge in [0.25, 0.3) is 0 Å². The molecule has 1 aliphatic heterocycles. The Balaban J connectivity index is 1.44. The molecule has 2 aromatic heterocycles. The molecule has 1 amide bonds. The minimum atomic E-state index is -0.306. The summed E-state index contributed by atoms with van der Waals surface area (Å²) >= 11 is 5.76. The molecule has 0 spiro atoms. The molecule has 4 aromatic rings. The van der Waals surface area contributed by atoms with Crippen molar-refractivity contribution in [1.82, 2.24) is 19.8 Å². The standard InChI is InChI=1S/C29H28FN5OS/c1-2-20-9-3-4-12-23(20)32-26(36)15-18-35-28(27(33-29(35)37)24-13-5-6-16-31-24)25-14-8-17-34(25)22-11-7-10-21(30)19-22/h3-14,16-17,19,27-28H,2,15,18H2,1H3,(H,32,36)(H,33,37). The second kappa shape index (κ2) is 10.9. The molecule has 2 N–H and O–H groups in total. The fraction of sp³-hybridized carbons (Fsp3) is 0.207. The topological polar surface area (TPSA) is 62.2 Å². The number of nitrogens with zero attached hydrogens (tertiary/aromatic N) is 3. The molecule has 6 nitrogen and oxygen atoms in total. The molecule has 2 atom stereocenters. The Morgan fingerprint density at radius 2 is 1.92 bits per heavy atom. The van der Waals surface area contributed by atoms with Crippen LogP contribution >= 0.6 is 12.2 Å². The van der Waals surface area contributed by atoms with Gasteiger partial charge in [-0.15, -0.1) is 0 Å². The number of carbonyl (C=O) groups is 1. The van der Waals surface area contributed by atoms with Crippen molar-refractivity contribution in [3.05, 3.63) is 114 Å². The number of nitrogens with one attached hydrogen (secondary N) is 2. The van der Waals surface area contributed by atoms with Gasteiger partial charge in [0.05, 0.1) is 17.8 Å². The lowest BCUT2D eigenvalue weighted by atomic mass is 10.0. The Hall–Kier alpha value is -4.04. The zero-order valence-electron chi connectivity index (χ0n) is 20.5. The average Bonchev–Trinajstić information content (AvgIpc) is 3.52. The van der Waals surface area contributed by atoms with Crippen molar-refractivity contribution in [2.75, 3.05) is 11.9 Å². The number of halogens is 1. The van der Waals surface area contributed by atoms with E-state index >= 15 is 0 Å². The van der Waals surface area contributed by atoms with E-state index in [1.807, 2.05) is 76.3 Å². The SMILES string of the molecule is CCc1ccccc1NC(=O)CCN1C(=S)NC(c2ccccn2)C1c1cccn1-c1cccc(F)c1. The summed E-state index contributed by atoms with van der Waals surface area (Å²) < 4.78 is 16.0. The lowest BCUT2D eigenvalue weighted by Crippen LogP contribution is -2.33. The Morgan fingerprint density at radius 3 is 2.70 bits per heavy atom. The molecule has 37 heavy (non-hydrogen) atoms. The van der Waals surface area contributed by atoms with Crippen LogP contribution in [0.25, 0.3) is 5.69 Å². The maximum Gasteiger partial charge on any atom is 0.226 e. The molecule has 188 valence electrons. The van der Waals surface area contributed by atoms with E-state index in [-0.39, 0.29) is 30.2 Å². The van der Waals surface area contributed by atoms with Crippen LogP contribution in [0.5, 0.6) is 0 Å². The molecular formula is C29H28FN5OS. The third kappa shape index (κ3) is 5.24. The molecule has 0 bridgehead atoms. The van der Waals surface area contributed by atoms with E-state index in [4.69, 9.17) is 12.2 Å². The number of thiocarbonyl (C=S) groups is 1. The maximum atomic E-state index is 14.1. The first kappa shape index (κ1) is 24.6. The molecule has 0 radical (unpaired) electrons. The normalized spacial score (nSPS) is 17.0. The van der Waals surface area contributed by atoms with Crippen LogP contribution in [0.2, 0.25) is 0 Å². The van der Waals surface area contributed by atoms with Crippen molar-refractivity contribution < 1.29 is 9.18 Å². The van der Waals surface area contributed by atoms with Crippen LogP contribution in [-0.2, 0) is 11.2 Å². The van der Waals surface area contributed by atoms with E-state index in [0.29, 0.717) is 17.3 Å². The summed E-state index contributed by atoms with van der Waals surface area (Å²) in [5.41, 5.74) is 4.40. The Morgan fingerprint density at radius 1 is 1.08 bits per heavy atom. The van der Waals surface area contributed by atoms with E-state index in [9.17, 15) is 9.18 Å². The van der Waals surface area contributed by atoms with Crippen LogP contribution in [0, 0.1) is 5.82 Å². The van der Waals surface area contributed by atoms with Gasteiger partial charge in [0.1, 0.15) is 5.82 Å². The highest BCUT2D eigenvalue weighted by Crippen LogP contribution is 2.39. The number of anilines is 1. The molecule has 5 rings (SSSR count). The number of amides is 1. The van der Waals surface area contributed by atoms with E-state index < -0.39 is 0 Å². The van der Waals surface area contributed by atoms with Crippen molar-refractivity contribution in [2.24, 2.45) is 0 Å². The Bertz CT molecular complexity index is 1410. The molecule has 1 aliphatic rings. The summed E-state index contributed by atoms with van der Waals surface area (Å²) in [6.07, 6.45) is 4.75. The van der Waals surface area contributed by atoms with Gasteiger partial charge in [-0.2, -0.15) is 0 Å². The number of aromatic nitrogens is 2. The van der Waals surface area contributed by atoms with Crippen LogP contribution in [0.15, 0.2) is 91.3 Å². The van der Waals surface area contributed by atoms with Gasteiger partial charge in [-0.25, -0.2) is 4.39 Å². The zero-order chi connectivity index (χ0) is 25.8. The molecule has 8 heteroatoms. The predicted molar refractivity (Wildman–Crippen MR) is 147 cm³/mol. The summed E-state index contributed by atoms with van der Waals surface area (Å²) in [7, 11) is 0. The van der Waals surface area contributed by atoms with Gasteiger partial charge in [0.15, 0.2) is 5.11 Å². The number of aryl methyl sites for hydroxylation is 1. The van der Waals surface area contributed by atoms with Gasteiger partial charge < -0.3 is 20.1 Å². The first-order valence-corrected chi connectivity index (χ1v) is 12.7. The molecule has 3 heterocycles. The van der Waals surface area contributed by atoms with Crippen LogP contribution in [-0.4, -0.2) is 32.0 Å². The highest BCUT2D eigenvalue weighted by molar-refractivity contribution is 7.80. The van der Waals surface area contributed by atoms with Crippen molar-refractivity contribution in [3.63, 3.8) is 0 Å². The summed E-state index contributed by atoms with van der Waals surface area (Å²) in [6, 6.07) is 23.5. The third-order valence-electron chi connectivity index (χ3n) is 6.62.